The highest BCUT2D eigenvalue weighted by molar-refractivity contribution is 7.07. The Hall–Kier alpha value is -5.04. The molecule has 0 saturated heterocycles. The first kappa shape index (κ1) is 27.5. The van der Waals surface area contributed by atoms with Gasteiger partial charge in [0.1, 0.15) is 11.5 Å². The fraction of sp³-hybridized carbons (Fsp3) is 0.179. The van der Waals surface area contributed by atoms with E-state index < -0.39 is 5.95 Å². The highest BCUT2D eigenvalue weighted by Gasteiger charge is 2.15. The molecule has 206 valence electrons. The maximum absolute atomic E-state index is 13.3. The smallest absolute Gasteiger partial charge is 0.270 e. The monoisotopic (exact) mass is 568 g/mol. The quantitative estimate of drug-likeness (QED) is 0.198. The zero-order valence-corrected chi connectivity index (χ0v) is 23.4. The summed E-state index contributed by atoms with van der Waals surface area (Å²) in [4.78, 5) is 42.9. The Morgan fingerprint density at radius 2 is 1.88 bits per heavy atom. The molecule has 0 fully saturated rings. The van der Waals surface area contributed by atoms with Gasteiger partial charge in [0.25, 0.3) is 5.91 Å². The van der Waals surface area contributed by atoms with Crippen LogP contribution < -0.4 is 10.6 Å². The molecule has 1 atom stereocenters. The predicted molar refractivity (Wildman–Crippen MR) is 155 cm³/mol. The van der Waals surface area contributed by atoms with E-state index in [-0.39, 0.29) is 17.6 Å². The number of rotatable bonds is 8. The minimum atomic E-state index is -0.532. The summed E-state index contributed by atoms with van der Waals surface area (Å²) >= 11 is 1.22. The van der Waals surface area contributed by atoms with Gasteiger partial charge in [-0.15, -0.1) is 0 Å². The van der Waals surface area contributed by atoms with E-state index in [0.29, 0.717) is 39.5 Å². The Morgan fingerprint density at radius 1 is 1.02 bits per heavy atom. The molecular formula is C28H25FN10OS. The number of aryl methyl sites for hydroxylation is 2. The summed E-state index contributed by atoms with van der Waals surface area (Å²) in [5.74, 6) is 0.533. The van der Waals surface area contributed by atoms with Crippen LogP contribution in [-0.4, -0.2) is 53.4 Å². The van der Waals surface area contributed by atoms with Crippen LogP contribution in [0.15, 0.2) is 59.9 Å². The highest BCUT2D eigenvalue weighted by Crippen LogP contribution is 2.23. The van der Waals surface area contributed by atoms with Gasteiger partial charge in [-0.25, -0.2) is 15.0 Å². The van der Waals surface area contributed by atoms with Crippen LogP contribution in [0.2, 0.25) is 0 Å². The topological polar surface area (TPSA) is 144 Å². The van der Waals surface area contributed by atoms with Crippen molar-refractivity contribution in [3.63, 3.8) is 0 Å². The van der Waals surface area contributed by atoms with Crippen LogP contribution in [0.3, 0.4) is 0 Å². The first-order chi connectivity index (χ1) is 19.8. The zero-order valence-electron chi connectivity index (χ0n) is 22.6. The SMILES string of the molecule is C/N=C\c1nc(Nc2cc(C)nc(-c3ccc(C(=O)NC(C)c4ccc(-c5ccc(F)nc5C)nc4)nc3)n2)ns1. The van der Waals surface area contributed by atoms with E-state index in [2.05, 4.69) is 49.9 Å². The minimum Gasteiger partial charge on any atom is -0.344 e. The molecule has 0 aromatic carbocycles. The van der Waals surface area contributed by atoms with Crippen LogP contribution in [0.5, 0.6) is 0 Å². The molecule has 1 amide bonds. The Morgan fingerprint density at radius 3 is 2.59 bits per heavy atom. The second kappa shape index (κ2) is 12.0. The van der Waals surface area contributed by atoms with Crippen molar-refractivity contribution in [1.29, 1.82) is 0 Å². The average Bonchev–Trinajstić information content (AvgIpc) is 3.39. The van der Waals surface area contributed by atoms with Crippen LogP contribution in [-0.2, 0) is 0 Å². The lowest BCUT2D eigenvalue weighted by atomic mass is 10.1. The van der Waals surface area contributed by atoms with Crippen LogP contribution in [0.25, 0.3) is 22.6 Å². The molecule has 13 heteroatoms. The second-order valence-electron chi connectivity index (χ2n) is 9.06. The molecule has 0 saturated carbocycles. The number of hydrogen-bond donors (Lipinski definition) is 2. The van der Waals surface area contributed by atoms with Crippen molar-refractivity contribution in [3.8, 4) is 22.6 Å². The summed E-state index contributed by atoms with van der Waals surface area (Å²) in [6.07, 6.45) is 4.87. The maximum atomic E-state index is 13.3. The second-order valence-corrected chi connectivity index (χ2v) is 9.84. The minimum absolute atomic E-state index is 0.251. The summed E-state index contributed by atoms with van der Waals surface area (Å²) in [6, 6.07) is 11.5. The fourth-order valence-corrected chi connectivity index (χ4v) is 4.51. The Labute approximate surface area is 239 Å². The number of pyridine rings is 3. The largest absolute Gasteiger partial charge is 0.344 e. The van der Waals surface area contributed by atoms with E-state index in [1.807, 2.05) is 26.0 Å². The van der Waals surface area contributed by atoms with Crippen molar-refractivity contribution in [3.05, 3.63) is 88.5 Å². The molecule has 0 aliphatic carbocycles. The molecule has 0 bridgehead atoms. The number of amides is 1. The number of anilines is 2. The molecular weight excluding hydrogens is 543 g/mol. The van der Waals surface area contributed by atoms with Gasteiger partial charge in [-0.05, 0) is 68.2 Å². The molecule has 5 rings (SSSR count). The molecule has 1 unspecified atom stereocenters. The molecule has 5 aromatic rings. The van der Waals surface area contributed by atoms with Crippen LogP contribution >= 0.6 is 11.5 Å². The number of hydrogen-bond acceptors (Lipinski definition) is 11. The van der Waals surface area contributed by atoms with E-state index in [4.69, 9.17) is 0 Å². The molecule has 0 aliphatic heterocycles. The molecule has 0 radical (unpaired) electrons. The van der Waals surface area contributed by atoms with Gasteiger partial charge in [-0.2, -0.15) is 13.7 Å². The summed E-state index contributed by atoms with van der Waals surface area (Å²) < 4.78 is 17.6. The van der Waals surface area contributed by atoms with Crippen LogP contribution in [0.1, 0.15) is 45.4 Å². The average molecular weight is 569 g/mol. The van der Waals surface area contributed by atoms with Crippen molar-refractivity contribution in [2.75, 3.05) is 12.4 Å². The molecule has 41 heavy (non-hydrogen) atoms. The third kappa shape index (κ3) is 6.58. The van der Waals surface area contributed by atoms with Crippen LogP contribution in [0.4, 0.5) is 16.2 Å². The highest BCUT2D eigenvalue weighted by atomic mass is 32.1. The van der Waals surface area contributed by atoms with E-state index in [9.17, 15) is 9.18 Å². The Balaban J connectivity index is 1.25. The van der Waals surface area contributed by atoms with Gasteiger partial charge in [-0.1, -0.05) is 6.07 Å². The van der Waals surface area contributed by atoms with E-state index in [1.165, 1.54) is 17.6 Å². The number of halogens is 1. The molecule has 5 aromatic heterocycles. The molecule has 2 N–H and O–H groups in total. The van der Waals surface area contributed by atoms with Gasteiger partial charge in [0, 0.05) is 48.0 Å². The van der Waals surface area contributed by atoms with E-state index in [0.717, 1.165) is 16.8 Å². The third-order valence-electron chi connectivity index (χ3n) is 5.99. The van der Waals surface area contributed by atoms with Crippen molar-refractivity contribution < 1.29 is 9.18 Å². The normalized spacial score (nSPS) is 11.9. The molecule has 0 spiro atoms. The Bertz CT molecular complexity index is 1720. The molecule has 5 heterocycles. The standard InChI is InChI=1S/C28H25FN10OS/c1-15-11-24(37-28-38-25(14-30-4)41-39-28)36-26(33-15)19-6-9-22(32-13-19)27(40)35-16(2)18-5-8-21(31-12-18)20-7-10-23(29)34-17(20)3/h5-14,16H,1-4H3,(H,35,40)(H,33,36,37,39)/b30-14-. The number of carbonyl (C=O) groups is 1. The number of aliphatic imine (C=N–C) groups is 1. The maximum Gasteiger partial charge on any atom is 0.270 e. The first-order valence-electron chi connectivity index (χ1n) is 12.5. The van der Waals surface area contributed by atoms with Gasteiger partial charge in [0.2, 0.25) is 11.9 Å². The van der Waals surface area contributed by atoms with Crippen molar-refractivity contribution in [2.24, 2.45) is 4.99 Å². The summed E-state index contributed by atoms with van der Waals surface area (Å²) in [5, 5.41) is 6.71. The fourth-order valence-electron chi connectivity index (χ4n) is 3.96. The first-order valence-corrected chi connectivity index (χ1v) is 13.3. The van der Waals surface area contributed by atoms with Gasteiger partial charge in [0.15, 0.2) is 10.8 Å². The lowest BCUT2D eigenvalue weighted by molar-refractivity contribution is 0.0935. The van der Waals surface area contributed by atoms with E-state index >= 15 is 0 Å². The van der Waals surface area contributed by atoms with Gasteiger partial charge in [0.05, 0.1) is 18.0 Å². The number of aromatic nitrogens is 7. The van der Waals surface area contributed by atoms with Crippen molar-refractivity contribution >= 4 is 35.4 Å². The van der Waals surface area contributed by atoms with Gasteiger partial charge < -0.3 is 10.6 Å². The number of carbonyl (C=O) groups excluding carboxylic acids is 1. The van der Waals surface area contributed by atoms with Gasteiger partial charge in [-0.3, -0.25) is 19.8 Å². The summed E-state index contributed by atoms with van der Waals surface area (Å²) in [6.45, 7) is 5.45. The molecule has 0 aliphatic rings. The van der Waals surface area contributed by atoms with E-state index in [1.54, 1.807) is 56.8 Å². The van der Waals surface area contributed by atoms with Crippen molar-refractivity contribution in [2.45, 2.75) is 26.8 Å². The number of nitrogens with zero attached hydrogens (tertiary/aromatic N) is 8. The lowest BCUT2D eigenvalue weighted by Gasteiger charge is -2.14. The van der Waals surface area contributed by atoms with Crippen LogP contribution in [0, 0.1) is 19.8 Å². The van der Waals surface area contributed by atoms with Crippen molar-refractivity contribution in [1.82, 2.24) is 39.6 Å². The summed E-state index contributed by atoms with van der Waals surface area (Å²) in [5.41, 5.74) is 4.42. The number of nitrogens with one attached hydrogen (secondary N) is 2. The predicted octanol–water partition coefficient (Wildman–Crippen LogP) is 4.89. The summed E-state index contributed by atoms with van der Waals surface area (Å²) in [7, 11) is 1.67. The lowest BCUT2D eigenvalue weighted by Crippen LogP contribution is -2.27. The zero-order chi connectivity index (χ0) is 28.9. The molecule has 11 nitrogen and oxygen atoms in total. The Kier molecular flexibility index (Phi) is 8.06. The van der Waals surface area contributed by atoms with Gasteiger partial charge >= 0.3 is 0 Å². The third-order valence-corrected chi connectivity index (χ3v) is 6.64.